The lowest BCUT2D eigenvalue weighted by Crippen LogP contribution is -2.37. The Labute approximate surface area is 151 Å². The minimum Gasteiger partial charge on any atom is -0.493 e. The highest BCUT2D eigenvalue weighted by atomic mass is 16.5. The molecule has 8 nitrogen and oxygen atoms in total. The lowest BCUT2D eigenvalue weighted by Gasteiger charge is -2.10. The van der Waals surface area contributed by atoms with E-state index in [2.05, 4.69) is 15.8 Å². The highest BCUT2D eigenvalue weighted by molar-refractivity contribution is 6.35. The third kappa shape index (κ3) is 5.66. The van der Waals surface area contributed by atoms with Crippen LogP contribution in [0.5, 0.6) is 11.5 Å². The SMILES string of the molecule is CCCOc1ccc(/C=N\NC(=O)C(=O)NCc2ccco2)cc1OC. The standard InChI is InChI=1S/C18H21N3O5/c1-3-8-26-15-7-6-13(10-16(15)24-2)11-20-21-18(23)17(22)19-12-14-5-4-9-25-14/h4-7,9-11H,3,8,12H2,1-2H3,(H,19,22)(H,21,23)/b20-11-. The van der Waals surface area contributed by atoms with Crippen molar-refractivity contribution in [1.29, 1.82) is 0 Å². The molecule has 2 aromatic rings. The van der Waals surface area contributed by atoms with E-state index < -0.39 is 11.8 Å². The van der Waals surface area contributed by atoms with Gasteiger partial charge in [-0.25, -0.2) is 5.43 Å². The Morgan fingerprint density at radius 2 is 2.08 bits per heavy atom. The van der Waals surface area contributed by atoms with Crippen LogP contribution in [0.1, 0.15) is 24.7 Å². The largest absolute Gasteiger partial charge is 0.493 e. The van der Waals surface area contributed by atoms with Gasteiger partial charge in [0, 0.05) is 0 Å². The van der Waals surface area contributed by atoms with Gasteiger partial charge in [-0.15, -0.1) is 0 Å². The number of hydrogen-bond donors (Lipinski definition) is 2. The summed E-state index contributed by atoms with van der Waals surface area (Å²) in [5, 5.41) is 6.19. The van der Waals surface area contributed by atoms with Gasteiger partial charge < -0.3 is 19.2 Å². The Bertz CT molecular complexity index is 756. The van der Waals surface area contributed by atoms with Crippen molar-refractivity contribution in [2.75, 3.05) is 13.7 Å². The van der Waals surface area contributed by atoms with Crippen molar-refractivity contribution in [1.82, 2.24) is 10.7 Å². The Balaban J connectivity index is 1.86. The molecule has 0 aliphatic heterocycles. The first-order chi connectivity index (χ1) is 12.6. The number of carbonyl (C=O) groups excluding carboxylic acids is 2. The molecule has 0 saturated carbocycles. The fourth-order valence-electron chi connectivity index (χ4n) is 1.97. The molecule has 0 unspecified atom stereocenters. The van der Waals surface area contributed by atoms with E-state index in [1.54, 1.807) is 37.4 Å². The lowest BCUT2D eigenvalue weighted by molar-refractivity contribution is -0.139. The van der Waals surface area contributed by atoms with Gasteiger partial charge in [0.25, 0.3) is 0 Å². The van der Waals surface area contributed by atoms with E-state index >= 15 is 0 Å². The number of furan rings is 1. The number of carbonyl (C=O) groups is 2. The zero-order chi connectivity index (χ0) is 18.8. The maximum Gasteiger partial charge on any atom is 0.329 e. The maximum atomic E-state index is 11.7. The van der Waals surface area contributed by atoms with Crippen molar-refractivity contribution in [3.8, 4) is 11.5 Å². The first-order valence-electron chi connectivity index (χ1n) is 8.08. The summed E-state index contributed by atoms with van der Waals surface area (Å²) in [5.74, 6) is 0.0620. The molecule has 26 heavy (non-hydrogen) atoms. The molecule has 2 N–H and O–H groups in total. The van der Waals surface area contributed by atoms with Crippen molar-refractivity contribution in [2.45, 2.75) is 19.9 Å². The number of amides is 2. The normalized spacial score (nSPS) is 10.5. The van der Waals surface area contributed by atoms with E-state index in [0.29, 0.717) is 29.4 Å². The second-order valence-corrected chi connectivity index (χ2v) is 5.22. The molecule has 0 aliphatic rings. The molecule has 8 heteroatoms. The zero-order valence-corrected chi connectivity index (χ0v) is 14.7. The van der Waals surface area contributed by atoms with Gasteiger partial charge in [0.1, 0.15) is 5.76 Å². The molecule has 0 radical (unpaired) electrons. The number of ether oxygens (including phenoxy) is 2. The molecule has 1 aromatic heterocycles. The van der Waals surface area contributed by atoms with Crippen molar-refractivity contribution >= 4 is 18.0 Å². The number of nitrogens with zero attached hydrogens (tertiary/aromatic N) is 1. The van der Waals surface area contributed by atoms with Gasteiger partial charge in [0.2, 0.25) is 0 Å². The first-order valence-corrected chi connectivity index (χ1v) is 8.08. The molecule has 1 heterocycles. The van der Waals surface area contributed by atoms with E-state index in [4.69, 9.17) is 13.9 Å². The quantitative estimate of drug-likeness (QED) is 0.425. The van der Waals surface area contributed by atoms with Gasteiger partial charge >= 0.3 is 11.8 Å². The molecule has 0 aliphatic carbocycles. The van der Waals surface area contributed by atoms with Gasteiger partial charge in [0.05, 0.1) is 32.7 Å². The second kappa shape index (κ2) is 9.87. The monoisotopic (exact) mass is 359 g/mol. The third-order valence-electron chi connectivity index (χ3n) is 3.24. The Morgan fingerprint density at radius 3 is 2.77 bits per heavy atom. The van der Waals surface area contributed by atoms with Crippen molar-refractivity contribution < 1.29 is 23.5 Å². The first kappa shape index (κ1) is 19.0. The molecule has 0 saturated heterocycles. The molecule has 0 bridgehead atoms. The number of benzene rings is 1. The summed E-state index contributed by atoms with van der Waals surface area (Å²) >= 11 is 0. The molecule has 1 aromatic carbocycles. The zero-order valence-electron chi connectivity index (χ0n) is 14.7. The Hall–Kier alpha value is -3.29. The van der Waals surface area contributed by atoms with Gasteiger partial charge in [-0.05, 0) is 42.3 Å². The number of methoxy groups -OCH3 is 1. The van der Waals surface area contributed by atoms with E-state index in [9.17, 15) is 9.59 Å². The van der Waals surface area contributed by atoms with Crippen LogP contribution < -0.4 is 20.2 Å². The minimum absolute atomic E-state index is 0.124. The maximum absolute atomic E-state index is 11.7. The predicted octanol–water partition coefficient (Wildman–Crippen LogP) is 1.84. The van der Waals surface area contributed by atoms with Crippen molar-refractivity contribution in [2.24, 2.45) is 5.10 Å². The van der Waals surface area contributed by atoms with Gasteiger partial charge in [0.15, 0.2) is 11.5 Å². The fourth-order valence-corrected chi connectivity index (χ4v) is 1.97. The summed E-state index contributed by atoms with van der Waals surface area (Å²) in [6, 6.07) is 8.63. The van der Waals surface area contributed by atoms with Crippen LogP contribution in [-0.2, 0) is 16.1 Å². The number of rotatable bonds is 8. The highest BCUT2D eigenvalue weighted by Crippen LogP contribution is 2.27. The topological polar surface area (TPSA) is 102 Å². The van der Waals surface area contributed by atoms with Gasteiger partial charge in [-0.3, -0.25) is 9.59 Å². The molecule has 0 fully saturated rings. The summed E-state index contributed by atoms with van der Waals surface area (Å²) in [6.45, 7) is 2.73. The summed E-state index contributed by atoms with van der Waals surface area (Å²) in [6.07, 6.45) is 3.78. The van der Waals surface area contributed by atoms with Crippen LogP contribution in [0.3, 0.4) is 0 Å². The predicted molar refractivity (Wildman–Crippen MR) is 95.1 cm³/mol. The van der Waals surface area contributed by atoms with Crippen LogP contribution in [-0.4, -0.2) is 31.7 Å². The minimum atomic E-state index is -0.873. The molecule has 2 rings (SSSR count). The number of hydrazone groups is 1. The van der Waals surface area contributed by atoms with Gasteiger partial charge in [-0.2, -0.15) is 5.10 Å². The van der Waals surface area contributed by atoms with E-state index in [1.807, 2.05) is 6.92 Å². The summed E-state index contributed by atoms with van der Waals surface area (Å²) < 4.78 is 15.9. The van der Waals surface area contributed by atoms with Crippen LogP contribution in [0.15, 0.2) is 46.1 Å². The van der Waals surface area contributed by atoms with Crippen LogP contribution in [0.4, 0.5) is 0 Å². The van der Waals surface area contributed by atoms with E-state index in [1.165, 1.54) is 12.5 Å². The average molecular weight is 359 g/mol. The highest BCUT2D eigenvalue weighted by Gasteiger charge is 2.12. The van der Waals surface area contributed by atoms with Crippen LogP contribution >= 0.6 is 0 Å². The summed E-state index contributed by atoms with van der Waals surface area (Å²) in [4.78, 5) is 23.3. The van der Waals surface area contributed by atoms with Crippen molar-refractivity contribution in [3.63, 3.8) is 0 Å². The third-order valence-corrected chi connectivity index (χ3v) is 3.24. The van der Waals surface area contributed by atoms with Gasteiger partial charge in [-0.1, -0.05) is 6.92 Å². The number of nitrogens with one attached hydrogen (secondary N) is 2. The average Bonchev–Trinajstić information content (AvgIpc) is 3.18. The van der Waals surface area contributed by atoms with E-state index in [-0.39, 0.29) is 6.54 Å². The number of hydrogen-bond acceptors (Lipinski definition) is 6. The van der Waals surface area contributed by atoms with Crippen molar-refractivity contribution in [3.05, 3.63) is 47.9 Å². The lowest BCUT2D eigenvalue weighted by atomic mass is 10.2. The fraction of sp³-hybridized carbons (Fsp3) is 0.278. The molecular formula is C18H21N3O5. The van der Waals surface area contributed by atoms with E-state index in [0.717, 1.165) is 6.42 Å². The smallest absolute Gasteiger partial charge is 0.329 e. The molecule has 138 valence electrons. The second-order valence-electron chi connectivity index (χ2n) is 5.22. The summed E-state index contributed by atoms with van der Waals surface area (Å²) in [5.41, 5.74) is 2.85. The molecule has 0 atom stereocenters. The molecule has 0 spiro atoms. The summed E-state index contributed by atoms with van der Waals surface area (Å²) in [7, 11) is 1.54. The van der Waals surface area contributed by atoms with Crippen LogP contribution in [0.25, 0.3) is 0 Å². The van der Waals surface area contributed by atoms with Crippen LogP contribution in [0, 0.1) is 0 Å². The Kier molecular flexibility index (Phi) is 7.23. The Morgan fingerprint density at radius 1 is 1.23 bits per heavy atom. The molecule has 2 amide bonds. The molecular weight excluding hydrogens is 338 g/mol. The van der Waals surface area contributed by atoms with Crippen LogP contribution in [0.2, 0.25) is 0 Å².